The lowest BCUT2D eigenvalue weighted by atomic mass is 9.59. The number of carboxylic acids is 1. The number of aliphatic carboxylic acids is 1. The number of hydrogen-bond donors (Lipinski definition) is 8. The number of pyridine rings is 1. The molecule has 8 N–H and O–H groups in total. The van der Waals surface area contributed by atoms with E-state index in [1.54, 1.807) is 89.2 Å². The third kappa shape index (κ3) is 31.8. The fourth-order valence-electron chi connectivity index (χ4n) is 12.5. The Bertz CT molecular complexity index is 2550. The molecule has 1 aromatic heterocycles. The van der Waals surface area contributed by atoms with Crippen molar-refractivity contribution in [2.75, 3.05) is 104 Å². The minimum atomic E-state index is -1.71. The number of aromatic nitrogens is 1. The van der Waals surface area contributed by atoms with Crippen molar-refractivity contribution in [1.82, 2.24) is 20.5 Å². The number of esters is 4. The summed E-state index contributed by atoms with van der Waals surface area (Å²) in [4.78, 5) is 110. The van der Waals surface area contributed by atoms with Gasteiger partial charge in [-0.25, -0.2) is 4.98 Å². The van der Waals surface area contributed by atoms with Crippen molar-refractivity contribution in [2.24, 2.45) is 37.9 Å². The molecule has 1 aliphatic rings. The van der Waals surface area contributed by atoms with Crippen LogP contribution in [0.4, 0.5) is 0 Å². The summed E-state index contributed by atoms with van der Waals surface area (Å²) >= 11 is 0. The van der Waals surface area contributed by atoms with Crippen molar-refractivity contribution in [3.05, 3.63) is 24.4 Å². The maximum absolute atomic E-state index is 15.6. The number of carboxylic acid groups (broad SMARTS) is 1. The molecule has 28 heteroatoms. The summed E-state index contributed by atoms with van der Waals surface area (Å²) in [5.74, 6) is -2.96. The van der Waals surface area contributed by atoms with E-state index >= 15 is 19.2 Å². The first-order chi connectivity index (χ1) is 46.6. The molecular weight excluding hydrogens is 1360 g/mol. The van der Waals surface area contributed by atoms with Gasteiger partial charge in [-0.3, -0.25) is 33.6 Å². The molecule has 0 radical (unpaired) electrons. The van der Waals surface area contributed by atoms with Crippen molar-refractivity contribution in [3.63, 3.8) is 0 Å². The van der Waals surface area contributed by atoms with Gasteiger partial charge in [-0.2, -0.15) is 0 Å². The molecule has 2 rings (SSSR count). The smallest absolute Gasteiger partial charge is 0.311 e. The molecule has 0 aromatic carbocycles. The molecule has 99 heavy (non-hydrogen) atoms. The minimum absolute atomic E-state index is 0.0171. The van der Waals surface area contributed by atoms with Crippen molar-refractivity contribution in [1.29, 1.82) is 0 Å². The lowest BCUT2D eigenvalue weighted by molar-refractivity contribution is -0.302. The lowest BCUT2D eigenvalue weighted by Gasteiger charge is -2.44. The van der Waals surface area contributed by atoms with Gasteiger partial charge in [0.25, 0.3) is 0 Å². The third-order valence-corrected chi connectivity index (χ3v) is 23.4. The number of unbranched alkanes of at least 4 members (excludes halogenated alkanes) is 5. The van der Waals surface area contributed by atoms with Gasteiger partial charge in [0, 0.05) is 53.9 Å². The highest BCUT2D eigenvalue weighted by Gasteiger charge is 2.55. The largest absolute Gasteiger partial charge is 0.481 e. The number of nitrogens with one attached hydrogen (secondary N) is 2. The van der Waals surface area contributed by atoms with Gasteiger partial charge in [0.1, 0.15) is 49.3 Å². The molecular formula is C71H124N4O20S4. The predicted molar refractivity (Wildman–Crippen MR) is 388 cm³/mol. The number of nitrogens with zero attached hydrogens (tertiary/aromatic N) is 2. The Kier molecular flexibility index (Phi) is 42.9. The number of aliphatic hydroxyl groups excluding tert-OH is 5. The molecule has 0 saturated carbocycles. The molecule has 1 aromatic rings. The van der Waals surface area contributed by atoms with E-state index in [9.17, 15) is 45.0 Å². The van der Waals surface area contributed by atoms with Gasteiger partial charge in [-0.05, 0) is 156 Å². The lowest BCUT2D eigenvalue weighted by Crippen LogP contribution is -2.59. The summed E-state index contributed by atoms with van der Waals surface area (Å²) in [6.45, 7) is 20.3. The van der Waals surface area contributed by atoms with E-state index in [1.165, 1.54) is 41.4 Å². The second kappa shape index (κ2) is 46.3. The van der Waals surface area contributed by atoms with Crippen LogP contribution in [-0.2, 0) is 66.7 Å². The van der Waals surface area contributed by atoms with Gasteiger partial charge in [-0.15, -0.1) is 0 Å². The Morgan fingerprint density at radius 3 is 1.69 bits per heavy atom. The zero-order chi connectivity index (χ0) is 74.5. The van der Waals surface area contributed by atoms with Crippen LogP contribution in [0.15, 0.2) is 29.4 Å². The van der Waals surface area contributed by atoms with E-state index in [0.29, 0.717) is 37.3 Å². The van der Waals surface area contributed by atoms with Crippen LogP contribution in [0.2, 0.25) is 0 Å². The van der Waals surface area contributed by atoms with Crippen LogP contribution in [0.25, 0.3) is 0 Å². The summed E-state index contributed by atoms with van der Waals surface area (Å²) in [6.07, 6.45) is 0.257. The molecule has 0 spiro atoms. The summed E-state index contributed by atoms with van der Waals surface area (Å²) < 4.78 is 40.6. The minimum Gasteiger partial charge on any atom is -0.481 e. The molecule has 1 aliphatic heterocycles. The molecule has 7 unspecified atom stereocenters. The molecule has 2 heterocycles. The average Bonchev–Trinajstić information content (AvgIpc) is 0.793. The standard InChI is InChI=1S/C71H124N4O20S4/c1-15-19-21-22-25-42-96-97-43-33-73-58(81)66(7,30-31-69(10,62(86)92-36-34-75(13)14)50-71(12,63(87)91-35-20-16-2)49-68(9,27-17-3)60(83)84)47-70(11,64(88)94-41-44-98-99-53-26-23-24-32-72-53)48-67(8,59(82)74-45-51(5)77)29-28-65(6,18-4)61(85)93-40-38-89-37-39-90-57-56(80)55(79)54(78)52(46-76)95-57/h23-24,26,32,51-52,54-57,76-80H,15-22,25,27-31,33-50H2,1-14H3,(H,73,81)(H,74,82)(H,83,84)/t51-,52-,54+,55+,56-,57-,65?,66?,67?,68?,69?,70?,71?/m1/s1. The number of carbonyl (C=O) groups is 7. The normalized spacial score (nSPS) is 21.0. The fraction of sp³-hybridized carbons (Fsp3) is 0.831. The van der Waals surface area contributed by atoms with Crippen molar-refractivity contribution >= 4 is 84.8 Å². The van der Waals surface area contributed by atoms with Crippen molar-refractivity contribution in [3.8, 4) is 0 Å². The summed E-state index contributed by atoms with van der Waals surface area (Å²) in [7, 11) is 9.83. The monoisotopic (exact) mass is 1480 g/mol. The van der Waals surface area contributed by atoms with Crippen molar-refractivity contribution < 1.29 is 97.4 Å². The Balaban J connectivity index is 2.84. The van der Waals surface area contributed by atoms with E-state index in [-0.39, 0.29) is 124 Å². The second-order valence-electron chi connectivity index (χ2n) is 28.9. The van der Waals surface area contributed by atoms with Gasteiger partial charge >= 0.3 is 29.8 Å². The Morgan fingerprint density at radius 1 is 0.576 bits per heavy atom. The quantitative estimate of drug-likeness (QED) is 0.0130. The van der Waals surface area contributed by atoms with Crippen LogP contribution in [0.5, 0.6) is 0 Å². The Hall–Kier alpha value is -3.52. The van der Waals surface area contributed by atoms with E-state index < -0.39 is 123 Å². The third-order valence-electron chi connectivity index (χ3n) is 18.7. The van der Waals surface area contributed by atoms with Gasteiger partial charge in [0.15, 0.2) is 6.29 Å². The van der Waals surface area contributed by atoms with Gasteiger partial charge in [0.2, 0.25) is 11.8 Å². The van der Waals surface area contributed by atoms with Crippen LogP contribution in [-0.4, -0.2) is 223 Å². The van der Waals surface area contributed by atoms with E-state index in [1.807, 2.05) is 45.0 Å². The SMILES string of the molecule is CCCCCCCSSCCNC(=O)C(C)(CCC(C)(CC(C)(CC(C)(CCC)C(=O)O)C(=O)OCCCC)C(=O)OCCN(C)C)CC(C)(CC(C)(CCC(C)(CC)C(=O)OCCOCCO[C@@H]1O[C@H](CO)[C@H](O)[C@H](O)[C@H]1O)C(=O)NC[C@@H](C)O)C(=O)OCCSSc1ccccn1. The predicted octanol–water partition coefficient (Wildman–Crippen LogP) is 9.61. The zero-order valence-electron chi connectivity index (χ0n) is 61.8. The number of likely N-dealkylation sites (N-methyl/N-ethyl adjacent to an activating group) is 1. The highest BCUT2D eigenvalue weighted by Crippen LogP contribution is 2.52. The van der Waals surface area contributed by atoms with Gasteiger partial charge in [-0.1, -0.05) is 119 Å². The maximum atomic E-state index is 15.6. The van der Waals surface area contributed by atoms with Gasteiger partial charge < -0.3 is 79.3 Å². The number of hydrogen-bond acceptors (Lipinski definition) is 25. The molecule has 2 amide bonds. The van der Waals surface area contributed by atoms with Gasteiger partial charge in [0.05, 0.1) is 66.2 Å². The first-order valence-corrected chi connectivity index (χ1v) is 40.2. The van der Waals surface area contributed by atoms with E-state index in [0.717, 1.165) is 30.0 Å². The van der Waals surface area contributed by atoms with Crippen LogP contribution >= 0.6 is 43.2 Å². The maximum Gasteiger partial charge on any atom is 0.311 e. The first kappa shape index (κ1) is 91.6. The molecule has 24 nitrogen and oxygen atoms in total. The van der Waals surface area contributed by atoms with E-state index in [2.05, 4.69) is 22.5 Å². The Morgan fingerprint density at radius 2 is 1.11 bits per heavy atom. The first-order valence-electron chi connectivity index (χ1n) is 35.4. The second-order valence-corrected chi connectivity index (χ2v) is 34.0. The average molecular weight is 1480 g/mol. The van der Waals surface area contributed by atoms with Crippen LogP contribution in [0.3, 0.4) is 0 Å². The van der Waals surface area contributed by atoms with Crippen molar-refractivity contribution in [2.45, 2.75) is 240 Å². The molecule has 1 fully saturated rings. The molecule has 13 atom stereocenters. The van der Waals surface area contributed by atoms with Crippen LogP contribution in [0, 0.1) is 37.9 Å². The fourth-order valence-corrected chi connectivity index (χ4v) is 16.3. The Labute approximate surface area is 606 Å². The van der Waals surface area contributed by atoms with Crippen LogP contribution < -0.4 is 10.6 Å². The number of rotatable bonds is 55. The topological polar surface area (TPSA) is 346 Å². The molecule has 0 bridgehead atoms. The summed E-state index contributed by atoms with van der Waals surface area (Å²) in [5, 5.41) is 68.3. The zero-order valence-corrected chi connectivity index (χ0v) is 65.1. The molecule has 1 saturated heterocycles. The number of aliphatic hydroxyl groups is 5. The number of amides is 2. The molecule has 572 valence electrons. The highest BCUT2D eigenvalue weighted by molar-refractivity contribution is 8.77. The summed E-state index contributed by atoms with van der Waals surface area (Å²) in [5.41, 5.74) is -10.6. The number of ether oxygens (including phenoxy) is 7. The number of carbonyl (C=O) groups excluding carboxylic acids is 6. The van der Waals surface area contributed by atoms with Crippen LogP contribution in [0.1, 0.15) is 199 Å². The molecule has 0 aliphatic carbocycles. The highest BCUT2D eigenvalue weighted by atomic mass is 33.1. The van der Waals surface area contributed by atoms with E-state index in [4.69, 9.17) is 33.2 Å². The summed E-state index contributed by atoms with van der Waals surface area (Å²) in [6, 6.07) is 5.52.